The van der Waals surface area contributed by atoms with Crippen molar-refractivity contribution in [2.24, 2.45) is 5.41 Å². The van der Waals surface area contributed by atoms with Gasteiger partial charge in [0, 0.05) is 29.6 Å². The van der Waals surface area contributed by atoms with Crippen molar-refractivity contribution < 1.29 is 27.1 Å². The average molecular weight is 487 g/mol. The second-order valence-corrected chi connectivity index (χ2v) is 9.89. The van der Waals surface area contributed by atoms with Crippen LogP contribution in [0, 0.1) is 22.6 Å². The molecule has 1 aliphatic rings. The number of ether oxygens (including phenoxy) is 2. The summed E-state index contributed by atoms with van der Waals surface area (Å²) in [5.41, 5.74) is -0.999. The SMILES string of the molecule is COC(=O)CC1(COc2ccc(C#N)c(F)c2)CN(S(=O)(=O)c2ccc(Cl)cc2Cl)C1. The van der Waals surface area contributed by atoms with Crippen LogP contribution in [0.15, 0.2) is 41.3 Å². The zero-order chi connectivity index (χ0) is 22.8. The van der Waals surface area contributed by atoms with Crippen LogP contribution in [0.2, 0.25) is 10.0 Å². The summed E-state index contributed by atoms with van der Waals surface area (Å²) in [5, 5.41) is 9.10. The van der Waals surface area contributed by atoms with E-state index < -0.39 is 27.2 Å². The van der Waals surface area contributed by atoms with Gasteiger partial charge in [-0.25, -0.2) is 12.8 Å². The molecule has 0 N–H and O–H groups in total. The van der Waals surface area contributed by atoms with Crippen molar-refractivity contribution >= 4 is 39.2 Å². The van der Waals surface area contributed by atoms with Gasteiger partial charge >= 0.3 is 5.97 Å². The minimum absolute atomic E-state index is 0.0118. The van der Waals surface area contributed by atoms with Crippen molar-refractivity contribution in [2.45, 2.75) is 11.3 Å². The van der Waals surface area contributed by atoms with E-state index in [0.29, 0.717) is 5.02 Å². The summed E-state index contributed by atoms with van der Waals surface area (Å²) in [6.45, 7) is -0.113. The Balaban J connectivity index is 1.78. The zero-order valence-corrected chi connectivity index (χ0v) is 18.6. The molecule has 2 aromatic rings. The summed E-state index contributed by atoms with van der Waals surface area (Å²) in [7, 11) is -2.69. The van der Waals surface area contributed by atoms with Crippen molar-refractivity contribution in [1.82, 2.24) is 4.31 Å². The molecule has 7 nitrogen and oxygen atoms in total. The fourth-order valence-electron chi connectivity index (χ4n) is 3.24. The van der Waals surface area contributed by atoms with Gasteiger partial charge in [-0.15, -0.1) is 0 Å². The Hall–Kier alpha value is -2.38. The number of esters is 1. The van der Waals surface area contributed by atoms with Gasteiger partial charge < -0.3 is 9.47 Å². The van der Waals surface area contributed by atoms with Gasteiger partial charge in [0.15, 0.2) is 0 Å². The van der Waals surface area contributed by atoms with E-state index in [-0.39, 0.29) is 47.3 Å². The van der Waals surface area contributed by atoms with Crippen molar-refractivity contribution in [1.29, 1.82) is 5.26 Å². The van der Waals surface area contributed by atoms with Crippen LogP contribution in [0.5, 0.6) is 5.75 Å². The summed E-state index contributed by atoms with van der Waals surface area (Å²) >= 11 is 11.9. The fourth-order valence-corrected chi connectivity index (χ4v) is 5.65. The lowest BCUT2D eigenvalue weighted by Gasteiger charge is -2.48. The summed E-state index contributed by atoms with van der Waals surface area (Å²) in [6, 6.07) is 9.54. The number of methoxy groups -OCH3 is 1. The Kier molecular flexibility index (Phi) is 6.76. The van der Waals surface area contributed by atoms with E-state index in [2.05, 4.69) is 0 Å². The first-order valence-electron chi connectivity index (χ1n) is 8.95. The van der Waals surface area contributed by atoms with Crippen molar-refractivity contribution in [3.8, 4) is 11.8 Å². The number of halogens is 3. The maximum atomic E-state index is 13.8. The summed E-state index contributed by atoms with van der Waals surface area (Å²) < 4.78 is 51.2. The molecule has 3 rings (SSSR count). The van der Waals surface area contributed by atoms with Crippen LogP contribution in [0.1, 0.15) is 12.0 Å². The molecule has 164 valence electrons. The van der Waals surface area contributed by atoms with Crippen LogP contribution in [-0.4, -0.2) is 45.5 Å². The van der Waals surface area contributed by atoms with Gasteiger partial charge in [0.05, 0.1) is 30.7 Å². The molecule has 0 atom stereocenters. The predicted molar refractivity (Wildman–Crippen MR) is 111 cm³/mol. The van der Waals surface area contributed by atoms with Gasteiger partial charge in [0.1, 0.15) is 22.5 Å². The largest absolute Gasteiger partial charge is 0.493 e. The lowest BCUT2D eigenvalue weighted by atomic mass is 9.79. The molecule has 0 saturated carbocycles. The summed E-state index contributed by atoms with van der Waals surface area (Å²) in [4.78, 5) is 11.8. The molecule has 11 heteroatoms. The zero-order valence-electron chi connectivity index (χ0n) is 16.3. The van der Waals surface area contributed by atoms with Gasteiger partial charge in [-0.1, -0.05) is 23.2 Å². The molecule has 0 aliphatic carbocycles. The molecule has 1 fully saturated rings. The van der Waals surface area contributed by atoms with E-state index in [9.17, 15) is 17.6 Å². The number of sulfonamides is 1. The van der Waals surface area contributed by atoms with Gasteiger partial charge in [-0.3, -0.25) is 4.79 Å². The quantitative estimate of drug-likeness (QED) is 0.554. The highest BCUT2D eigenvalue weighted by Crippen LogP contribution is 2.40. The number of benzene rings is 2. The van der Waals surface area contributed by atoms with E-state index in [1.165, 1.54) is 41.7 Å². The number of carbonyl (C=O) groups is 1. The standard InChI is InChI=1S/C20H17Cl2FN2O5S/c1-29-19(26)8-20(12-30-15-4-2-13(9-24)17(23)7-15)10-25(11-20)31(27,28)18-5-3-14(21)6-16(18)22/h2-7H,8,10-12H2,1H3. The average Bonchev–Trinajstić information content (AvgIpc) is 2.68. The number of rotatable bonds is 7. The molecule has 0 aromatic heterocycles. The summed E-state index contributed by atoms with van der Waals surface area (Å²) in [5.74, 6) is -1.11. The van der Waals surface area contributed by atoms with E-state index in [1.54, 1.807) is 6.07 Å². The van der Waals surface area contributed by atoms with Gasteiger partial charge in [-0.05, 0) is 30.3 Å². The smallest absolute Gasteiger partial charge is 0.306 e. The number of hydrogen-bond acceptors (Lipinski definition) is 6. The molecule has 0 radical (unpaired) electrons. The topological polar surface area (TPSA) is 96.7 Å². The molecule has 0 unspecified atom stereocenters. The molecule has 31 heavy (non-hydrogen) atoms. The Morgan fingerprint density at radius 1 is 1.26 bits per heavy atom. The maximum Gasteiger partial charge on any atom is 0.306 e. The maximum absolute atomic E-state index is 13.8. The molecular formula is C20H17Cl2FN2O5S. The molecule has 2 aromatic carbocycles. The highest BCUT2D eigenvalue weighted by molar-refractivity contribution is 7.89. The van der Waals surface area contributed by atoms with Crippen LogP contribution < -0.4 is 4.74 Å². The van der Waals surface area contributed by atoms with Gasteiger partial charge in [0.25, 0.3) is 0 Å². The molecule has 0 bridgehead atoms. The molecule has 1 heterocycles. The Morgan fingerprint density at radius 2 is 1.97 bits per heavy atom. The van der Waals surface area contributed by atoms with Crippen molar-refractivity contribution in [3.63, 3.8) is 0 Å². The Labute approximate surface area is 188 Å². The minimum atomic E-state index is -3.92. The molecule has 1 saturated heterocycles. The molecular weight excluding hydrogens is 470 g/mol. The number of nitrogens with zero attached hydrogens (tertiary/aromatic N) is 2. The highest BCUT2D eigenvalue weighted by atomic mass is 35.5. The first-order chi connectivity index (χ1) is 14.6. The fraction of sp³-hybridized carbons (Fsp3) is 0.300. The first-order valence-corrected chi connectivity index (χ1v) is 11.1. The van der Waals surface area contributed by atoms with Gasteiger partial charge in [-0.2, -0.15) is 9.57 Å². The first kappa shape index (κ1) is 23.3. The third kappa shape index (κ3) is 4.93. The van der Waals surface area contributed by atoms with Crippen LogP contribution in [0.3, 0.4) is 0 Å². The van der Waals surface area contributed by atoms with E-state index in [0.717, 1.165) is 6.07 Å². The molecule has 1 aliphatic heterocycles. The van der Waals surface area contributed by atoms with Crippen LogP contribution in [0.25, 0.3) is 0 Å². The summed E-state index contributed by atoms with van der Waals surface area (Å²) in [6.07, 6.45) is -0.0946. The predicted octanol–water partition coefficient (Wildman–Crippen LogP) is 3.64. The highest BCUT2D eigenvalue weighted by Gasteiger charge is 2.51. The normalized spacial score (nSPS) is 15.6. The Bertz CT molecular complexity index is 1160. The Morgan fingerprint density at radius 3 is 2.55 bits per heavy atom. The van der Waals surface area contributed by atoms with Crippen molar-refractivity contribution in [2.75, 3.05) is 26.8 Å². The second-order valence-electron chi connectivity index (χ2n) is 7.14. The van der Waals surface area contributed by atoms with E-state index in [4.69, 9.17) is 37.9 Å². The number of nitriles is 1. The van der Waals surface area contributed by atoms with Crippen molar-refractivity contribution in [3.05, 3.63) is 57.8 Å². The third-order valence-electron chi connectivity index (χ3n) is 4.89. The third-order valence-corrected chi connectivity index (χ3v) is 7.40. The van der Waals surface area contributed by atoms with E-state index in [1.807, 2.05) is 0 Å². The van der Waals surface area contributed by atoms with Crippen LogP contribution in [-0.2, 0) is 19.6 Å². The van der Waals surface area contributed by atoms with Crippen LogP contribution in [0.4, 0.5) is 4.39 Å². The van der Waals surface area contributed by atoms with E-state index >= 15 is 0 Å². The molecule has 0 amide bonds. The lowest BCUT2D eigenvalue weighted by molar-refractivity contribution is -0.146. The molecule has 0 spiro atoms. The van der Waals surface area contributed by atoms with Gasteiger partial charge in [0.2, 0.25) is 10.0 Å². The minimum Gasteiger partial charge on any atom is -0.493 e. The lowest BCUT2D eigenvalue weighted by Crippen LogP contribution is -2.61. The number of hydrogen-bond donors (Lipinski definition) is 0. The number of carbonyl (C=O) groups excluding carboxylic acids is 1. The van der Waals surface area contributed by atoms with Crippen LogP contribution >= 0.6 is 23.2 Å². The second kappa shape index (κ2) is 9.01. The monoisotopic (exact) mass is 486 g/mol.